The SMILES string of the molecule is Cc1ccnc(OC[C@@]23CCO[C@@H]2CCN(c2ncccn2)C3)n1.O=C(O)C(F)(F)F. The van der Waals surface area contributed by atoms with Crippen LogP contribution in [0.2, 0.25) is 0 Å². The highest BCUT2D eigenvalue weighted by atomic mass is 19.4. The van der Waals surface area contributed by atoms with Crippen LogP contribution in [0, 0.1) is 12.3 Å². The summed E-state index contributed by atoms with van der Waals surface area (Å²) in [7, 11) is 0. The molecule has 2 fully saturated rings. The number of piperidine rings is 1. The average Bonchev–Trinajstić information content (AvgIpc) is 3.16. The fourth-order valence-corrected chi connectivity index (χ4v) is 3.58. The summed E-state index contributed by atoms with van der Waals surface area (Å²) in [5.74, 6) is -1.98. The van der Waals surface area contributed by atoms with Crippen LogP contribution in [0.25, 0.3) is 0 Å². The number of nitrogens with zero attached hydrogens (tertiary/aromatic N) is 5. The van der Waals surface area contributed by atoms with E-state index in [0.29, 0.717) is 12.6 Å². The summed E-state index contributed by atoms with van der Waals surface area (Å²) < 4.78 is 43.6. The number of carbonyl (C=O) groups is 1. The molecule has 2 saturated heterocycles. The minimum atomic E-state index is -5.08. The van der Waals surface area contributed by atoms with Crippen molar-refractivity contribution in [3.8, 4) is 6.01 Å². The van der Waals surface area contributed by atoms with Crippen LogP contribution in [0.4, 0.5) is 19.1 Å². The molecule has 0 amide bonds. The Morgan fingerprint density at radius 2 is 2.03 bits per heavy atom. The second-order valence-electron chi connectivity index (χ2n) is 7.30. The van der Waals surface area contributed by atoms with Gasteiger partial charge in [-0.1, -0.05) is 0 Å². The Balaban J connectivity index is 0.000000339. The fourth-order valence-electron chi connectivity index (χ4n) is 3.58. The summed E-state index contributed by atoms with van der Waals surface area (Å²) in [6.45, 7) is 4.98. The third kappa shape index (κ3) is 5.78. The molecule has 12 heteroatoms. The maximum absolute atomic E-state index is 10.6. The topological polar surface area (TPSA) is 111 Å². The van der Waals surface area contributed by atoms with Crippen molar-refractivity contribution >= 4 is 11.9 Å². The molecule has 0 aromatic carbocycles. The Kier molecular flexibility index (Phi) is 6.88. The molecule has 0 radical (unpaired) electrons. The lowest BCUT2D eigenvalue weighted by atomic mass is 9.77. The van der Waals surface area contributed by atoms with Gasteiger partial charge in [0.05, 0.1) is 11.5 Å². The second kappa shape index (κ2) is 9.41. The van der Waals surface area contributed by atoms with Crippen LogP contribution in [-0.2, 0) is 9.53 Å². The van der Waals surface area contributed by atoms with E-state index in [0.717, 1.165) is 44.2 Å². The number of aliphatic carboxylic acids is 1. The van der Waals surface area contributed by atoms with Crippen LogP contribution >= 0.6 is 0 Å². The summed E-state index contributed by atoms with van der Waals surface area (Å²) in [5, 5.41) is 7.12. The van der Waals surface area contributed by atoms with Gasteiger partial charge in [-0.2, -0.15) is 13.2 Å². The van der Waals surface area contributed by atoms with Crippen LogP contribution in [0.15, 0.2) is 30.7 Å². The van der Waals surface area contributed by atoms with Crippen molar-refractivity contribution in [1.29, 1.82) is 0 Å². The maximum atomic E-state index is 10.6. The van der Waals surface area contributed by atoms with Crippen LogP contribution in [-0.4, -0.2) is 69.6 Å². The number of alkyl halides is 3. The first kappa shape index (κ1) is 22.7. The molecule has 9 nitrogen and oxygen atoms in total. The van der Waals surface area contributed by atoms with Crippen molar-refractivity contribution in [3.63, 3.8) is 0 Å². The van der Waals surface area contributed by atoms with E-state index in [4.69, 9.17) is 19.4 Å². The molecular formula is C19H22F3N5O4. The Morgan fingerprint density at radius 1 is 1.32 bits per heavy atom. The highest BCUT2D eigenvalue weighted by molar-refractivity contribution is 5.73. The summed E-state index contributed by atoms with van der Waals surface area (Å²) in [5.41, 5.74) is 0.838. The highest BCUT2D eigenvalue weighted by Crippen LogP contribution is 2.41. The zero-order chi connectivity index (χ0) is 22.5. The van der Waals surface area contributed by atoms with Crippen molar-refractivity contribution in [1.82, 2.24) is 19.9 Å². The molecule has 0 spiro atoms. The number of hydrogen-bond donors (Lipinski definition) is 1. The Hall–Kier alpha value is -3.02. The van der Waals surface area contributed by atoms with Gasteiger partial charge in [-0.3, -0.25) is 0 Å². The van der Waals surface area contributed by atoms with E-state index in [1.165, 1.54) is 0 Å². The summed E-state index contributed by atoms with van der Waals surface area (Å²) in [4.78, 5) is 28.4. The summed E-state index contributed by atoms with van der Waals surface area (Å²) in [6.07, 6.45) is 2.33. The number of aryl methyl sites for hydroxylation is 1. The third-order valence-electron chi connectivity index (χ3n) is 5.11. The van der Waals surface area contributed by atoms with Crippen molar-refractivity contribution in [2.45, 2.75) is 32.0 Å². The molecule has 0 saturated carbocycles. The highest BCUT2D eigenvalue weighted by Gasteiger charge is 2.49. The van der Waals surface area contributed by atoms with E-state index in [9.17, 15) is 13.2 Å². The van der Waals surface area contributed by atoms with Gasteiger partial charge >= 0.3 is 18.2 Å². The minimum absolute atomic E-state index is 0.0649. The number of hydrogen-bond acceptors (Lipinski definition) is 8. The molecule has 1 N–H and O–H groups in total. The summed E-state index contributed by atoms with van der Waals surface area (Å²) >= 11 is 0. The number of ether oxygens (including phenoxy) is 2. The normalized spacial score (nSPS) is 22.8. The molecular weight excluding hydrogens is 419 g/mol. The monoisotopic (exact) mass is 441 g/mol. The van der Waals surface area contributed by atoms with Gasteiger partial charge in [0.2, 0.25) is 5.95 Å². The number of carboxylic acid groups (broad SMARTS) is 1. The zero-order valence-electron chi connectivity index (χ0n) is 16.7. The molecule has 4 heterocycles. The maximum Gasteiger partial charge on any atom is 0.490 e. The van der Waals surface area contributed by atoms with Crippen LogP contribution in [0.5, 0.6) is 6.01 Å². The molecule has 4 rings (SSSR count). The number of aromatic nitrogens is 4. The second-order valence-corrected chi connectivity index (χ2v) is 7.30. The van der Waals surface area contributed by atoms with Crippen molar-refractivity contribution in [3.05, 3.63) is 36.4 Å². The van der Waals surface area contributed by atoms with E-state index >= 15 is 0 Å². The molecule has 0 bridgehead atoms. The standard InChI is InChI=1S/C17H21N5O2.C2HF3O2/c1-13-3-8-20-16(21-13)24-12-17-5-10-23-14(17)4-9-22(11-17)15-18-6-2-7-19-15;3-2(4,5)1(6)7/h2-3,6-8,14H,4-5,9-12H2,1H3;(H,6,7)/t14-,17+;/m1./s1. The first-order valence-electron chi connectivity index (χ1n) is 9.56. The van der Waals surface area contributed by atoms with E-state index < -0.39 is 12.1 Å². The lowest BCUT2D eigenvalue weighted by molar-refractivity contribution is -0.192. The van der Waals surface area contributed by atoms with Crippen LogP contribution in [0.1, 0.15) is 18.5 Å². The predicted molar refractivity (Wildman–Crippen MR) is 102 cm³/mol. The minimum Gasteiger partial charge on any atom is -0.475 e. The quantitative estimate of drug-likeness (QED) is 0.764. The van der Waals surface area contributed by atoms with Crippen LogP contribution in [0.3, 0.4) is 0 Å². The van der Waals surface area contributed by atoms with Gasteiger partial charge in [0.1, 0.15) is 6.61 Å². The van der Waals surface area contributed by atoms with E-state index in [-0.39, 0.29) is 11.5 Å². The largest absolute Gasteiger partial charge is 0.490 e. The van der Waals surface area contributed by atoms with Gasteiger partial charge in [-0.15, -0.1) is 0 Å². The first-order valence-corrected chi connectivity index (χ1v) is 9.56. The van der Waals surface area contributed by atoms with Gasteiger partial charge in [-0.25, -0.2) is 24.7 Å². The van der Waals surface area contributed by atoms with Crippen molar-refractivity contribution < 1.29 is 32.5 Å². The number of anilines is 1. The van der Waals surface area contributed by atoms with Crippen molar-refractivity contribution in [2.24, 2.45) is 5.41 Å². The smallest absolute Gasteiger partial charge is 0.475 e. The molecule has 168 valence electrons. The molecule has 2 aromatic heterocycles. The van der Waals surface area contributed by atoms with Gasteiger partial charge in [0.15, 0.2) is 0 Å². The fraction of sp³-hybridized carbons (Fsp3) is 0.526. The van der Waals surface area contributed by atoms with Gasteiger partial charge in [0.25, 0.3) is 0 Å². The van der Waals surface area contributed by atoms with E-state index in [1.54, 1.807) is 18.6 Å². The van der Waals surface area contributed by atoms with E-state index in [2.05, 4.69) is 24.8 Å². The third-order valence-corrected chi connectivity index (χ3v) is 5.11. The lowest BCUT2D eigenvalue weighted by Gasteiger charge is -2.43. The van der Waals surface area contributed by atoms with Gasteiger partial charge in [0, 0.05) is 44.0 Å². The van der Waals surface area contributed by atoms with E-state index in [1.807, 2.05) is 19.1 Å². The summed E-state index contributed by atoms with van der Waals surface area (Å²) in [6, 6.07) is 4.13. The molecule has 31 heavy (non-hydrogen) atoms. The lowest BCUT2D eigenvalue weighted by Crippen LogP contribution is -2.53. The molecule has 0 aliphatic carbocycles. The number of fused-ring (bicyclic) bond motifs is 1. The molecule has 2 aliphatic rings. The van der Waals surface area contributed by atoms with Gasteiger partial charge in [-0.05, 0) is 31.9 Å². The average molecular weight is 441 g/mol. The number of halogens is 3. The Labute approximate surface area is 176 Å². The molecule has 2 aliphatic heterocycles. The Morgan fingerprint density at radius 3 is 2.68 bits per heavy atom. The first-order chi connectivity index (χ1) is 14.7. The molecule has 2 aromatic rings. The number of carboxylic acids is 1. The molecule has 0 unspecified atom stereocenters. The van der Waals surface area contributed by atoms with Gasteiger partial charge < -0.3 is 19.5 Å². The number of rotatable bonds is 4. The predicted octanol–water partition coefficient (Wildman–Crippen LogP) is 2.27. The van der Waals surface area contributed by atoms with Crippen LogP contribution < -0.4 is 9.64 Å². The van der Waals surface area contributed by atoms with Crippen molar-refractivity contribution in [2.75, 3.05) is 31.2 Å². The Bertz CT molecular complexity index is 886. The molecule has 2 atom stereocenters. The zero-order valence-corrected chi connectivity index (χ0v) is 16.7.